The zero-order valence-corrected chi connectivity index (χ0v) is 12.1. The number of hydrogen-bond donors (Lipinski definition) is 2. The molecule has 114 valence electrons. The molecule has 0 saturated heterocycles. The summed E-state index contributed by atoms with van der Waals surface area (Å²) in [5.41, 5.74) is 4.91. The molecular weight excluding hydrogens is 276 g/mol. The second-order valence-corrected chi connectivity index (χ2v) is 4.98. The number of benzene rings is 1. The van der Waals surface area contributed by atoms with Gasteiger partial charge in [-0.05, 0) is 11.6 Å². The Hall–Kier alpha value is -2.31. The normalized spacial score (nSPS) is 14.5. The van der Waals surface area contributed by atoms with Gasteiger partial charge in [0.2, 0.25) is 0 Å². The first-order valence-electron chi connectivity index (χ1n) is 6.31. The molecule has 1 rings (SSSR count). The van der Waals surface area contributed by atoms with Crippen molar-refractivity contribution in [2.45, 2.75) is 12.3 Å². The van der Waals surface area contributed by atoms with Crippen LogP contribution in [0.4, 0.5) is 8.78 Å². The second kappa shape index (κ2) is 7.47. The van der Waals surface area contributed by atoms with Gasteiger partial charge in [0.1, 0.15) is 18.0 Å². The molecule has 0 bridgehead atoms. The number of halogens is 2. The summed E-state index contributed by atoms with van der Waals surface area (Å²) in [6.45, 7) is 2.43. The summed E-state index contributed by atoms with van der Waals surface area (Å²) in [5, 5.41) is 6.87. The van der Waals surface area contributed by atoms with Crippen LogP contribution in [0.5, 0.6) is 0 Å². The molecule has 1 unspecified atom stereocenters. The highest BCUT2D eigenvalue weighted by Crippen LogP contribution is 2.28. The number of nitrogens with zero attached hydrogens (tertiary/aromatic N) is 3. The third-order valence-electron chi connectivity index (χ3n) is 3.06. The van der Waals surface area contributed by atoms with Crippen LogP contribution in [0.15, 0.2) is 28.2 Å². The van der Waals surface area contributed by atoms with E-state index in [1.54, 1.807) is 11.9 Å². The molecule has 0 aliphatic rings. The lowest BCUT2D eigenvalue weighted by molar-refractivity contribution is 0.350. The number of aliphatic imine (C=N–C) groups is 2. The maximum atomic E-state index is 14.1. The molecule has 0 amide bonds. The number of likely N-dealkylation sites (N-methyl/N-ethyl adjacent to an activating group) is 1. The van der Waals surface area contributed by atoms with Gasteiger partial charge in [0.15, 0.2) is 0 Å². The molecule has 0 saturated carbocycles. The van der Waals surface area contributed by atoms with E-state index >= 15 is 0 Å². The molecule has 5 nitrogen and oxygen atoms in total. The SMILES string of the molecule is CN(C=NC=N)CC(C)(CN=CN)c1ccc(F)cc1F. The fraction of sp³-hybridized carbons (Fsp3) is 0.357. The Morgan fingerprint density at radius 3 is 2.71 bits per heavy atom. The van der Waals surface area contributed by atoms with Crippen LogP contribution in [0, 0.1) is 17.0 Å². The summed E-state index contributed by atoms with van der Waals surface area (Å²) in [6, 6.07) is 3.48. The molecule has 0 radical (unpaired) electrons. The van der Waals surface area contributed by atoms with Crippen molar-refractivity contribution in [2.75, 3.05) is 20.1 Å². The van der Waals surface area contributed by atoms with Gasteiger partial charge in [-0.3, -0.25) is 10.4 Å². The van der Waals surface area contributed by atoms with Crippen molar-refractivity contribution in [1.29, 1.82) is 5.41 Å². The minimum absolute atomic E-state index is 0.245. The van der Waals surface area contributed by atoms with Gasteiger partial charge in [0, 0.05) is 25.1 Å². The smallest absolute Gasteiger partial charge is 0.130 e. The van der Waals surface area contributed by atoms with Crippen LogP contribution in [-0.2, 0) is 5.41 Å². The van der Waals surface area contributed by atoms with Gasteiger partial charge in [-0.1, -0.05) is 13.0 Å². The molecule has 3 N–H and O–H groups in total. The number of nitrogens with one attached hydrogen (secondary N) is 1. The lowest BCUT2D eigenvalue weighted by atomic mass is 9.81. The third kappa shape index (κ3) is 4.62. The Morgan fingerprint density at radius 2 is 2.14 bits per heavy atom. The molecule has 21 heavy (non-hydrogen) atoms. The molecule has 0 fully saturated rings. The number of nitrogens with two attached hydrogens (primary N) is 1. The van der Waals surface area contributed by atoms with Gasteiger partial charge in [-0.15, -0.1) is 0 Å². The predicted octanol–water partition coefficient (Wildman–Crippen LogP) is 1.78. The zero-order chi connectivity index (χ0) is 15.9. The Bertz CT molecular complexity index is 544. The van der Waals surface area contributed by atoms with Crippen LogP contribution in [0.1, 0.15) is 12.5 Å². The van der Waals surface area contributed by atoms with Crippen LogP contribution in [0.2, 0.25) is 0 Å². The average Bonchev–Trinajstić information content (AvgIpc) is 2.42. The first kappa shape index (κ1) is 16.7. The number of hydrogen-bond acceptors (Lipinski definition) is 2. The van der Waals surface area contributed by atoms with E-state index in [9.17, 15) is 8.78 Å². The van der Waals surface area contributed by atoms with Gasteiger partial charge in [0.25, 0.3) is 0 Å². The molecule has 7 heteroatoms. The maximum Gasteiger partial charge on any atom is 0.130 e. The Balaban J connectivity index is 3.12. The lowest BCUT2D eigenvalue weighted by Crippen LogP contribution is -2.39. The van der Waals surface area contributed by atoms with Crippen molar-refractivity contribution in [3.05, 3.63) is 35.4 Å². The predicted molar refractivity (Wildman–Crippen MR) is 81.2 cm³/mol. The first-order valence-corrected chi connectivity index (χ1v) is 6.31. The van der Waals surface area contributed by atoms with Crippen molar-refractivity contribution in [2.24, 2.45) is 15.7 Å². The van der Waals surface area contributed by atoms with Crippen molar-refractivity contribution < 1.29 is 8.78 Å². The molecular formula is C14H19F2N5. The molecule has 0 aliphatic carbocycles. The fourth-order valence-electron chi connectivity index (χ4n) is 2.19. The van der Waals surface area contributed by atoms with E-state index in [4.69, 9.17) is 11.1 Å². The van der Waals surface area contributed by atoms with E-state index in [-0.39, 0.29) is 6.54 Å². The van der Waals surface area contributed by atoms with E-state index in [0.29, 0.717) is 12.1 Å². The zero-order valence-electron chi connectivity index (χ0n) is 12.1. The summed E-state index contributed by atoms with van der Waals surface area (Å²) in [4.78, 5) is 9.39. The van der Waals surface area contributed by atoms with Crippen LogP contribution < -0.4 is 5.73 Å². The highest BCUT2D eigenvalue weighted by atomic mass is 19.1. The highest BCUT2D eigenvalue weighted by molar-refractivity contribution is 5.69. The van der Waals surface area contributed by atoms with Gasteiger partial charge >= 0.3 is 0 Å². The Kier molecular flexibility index (Phi) is 5.95. The van der Waals surface area contributed by atoms with Crippen LogP contribution in [-0.4, -0.2) is 44.1 Å². The number of rotatable bonds is 7. The van der Waals surface area contributed by atoms with E-state index in [2.05, 4.69) is 9.98 Å². The summed E-state index contributed by atoms with van der Waals surface area (Å²) < 4.78 is 27.1. The largest absolute Gasteiger partial charge is 0.390 e. The summed E-state index contributed by atoms with van der Waals surface area (Å²) in [7, 11) is 1.75. The Labute approximate surface area is 122 Å². The van der Waals surface area contributed by atoms with Gasteiger partial charge < -0.3 is 10.6 Å². The Morgan fingerprint density at radius 1 is 1.43 bits per heavy atom. The quantitative estimate of drug-likeness (QED) is 0.594. The maximum absolute atomic E-state index is 14.1. The van der Waals surface area contributed by atoms with E-state index < -0.39 is 17.0 Å². The molecule has 0 spiro atoms. The molecule has 0 heterocycles. The standard InChI is InChI=1S/C14H19F2N5/c1-14(6-19-8-17,7-21(2)10-20-9-18)12-4-3-11(15)5-13(12)16/h3-5,8-10,18H,6-7H2,1-2H3,(H2,17,19). The highest BCUT2D eigenvalue weighted by Gasteiger charge is 2.30. The molecule has 0 aliphatic heterocycles. The van der Waals surface area contributed by atoms with E-state index in [1.165, 1.54) is 18.5 Å². The van der Waals surface area contributed by atoms with Crippen LogP contribution in [0.3, 0.4) is 0 Å². The molecule has 1 atom stereocenters. The molecule has 1 aromatic carbocycles. The summed E-state index contributed by atoms with van der Waals surface area (Å²) in [6.07, 6.45) is 3.52. The van der Waals surface area contributed by atoms with Crippen LogP contribution >= 0.6 is 0 Å². The average molecular weight is 295 g/mol. The van der Waals surface area contributed by atoms with Crippen LogP contribution in [0.25, 0.3) is 0 Å². The van der Waals surface area contributed by atoms with Gasteiger partial charge in [-0.25, -0.2) is 13.8 Å². The second-order valence-electron chi connectivity index (χ2n) is 4.98. The molecule has 1 aromatic rings. The lowest BCUT2D eigenvalue weighted by Gasteiger charge is -2.32. The third-order valence-corrected chi connectivity index (χ3v) is 3.06. The monoisotopic (exact) mass is 295 g/mol. The van der Waals surface area contributed by atoms with Crippen molar-refractivity contribution in [3.63, 3.8) is 0 Å². The van der Waals surface area contributed by atoms with Crippen molar-refractivity contribution in [3.8, 4) is 0 Å². The minimum Gasteiger partial charge on any atom is -0.390 e. The summed E-state index contributed by atoms with van der Waals surface area (Å²) in [5.74, 6) is -1.25. The van der Waals surface area contributed by atoms with Gasteiger partial charge in [-0.2, -0.15) is 0 Å². The minimum atomic E-state index is -0.712. The van der Waals surface area contributed by atoms with Gasteiger partial charge in [0.05, 0.1) is 19.2 Å². The molecule has 0 aromatic heterocycles. The van der Waals surface area contributed by atoms with Crippen molar-refractivity contribution in [1.82, 2.24) is 4.90 Å². The van der Waals surface area contributed by atoms with E-state index in [0.717, 1.165) is 18.7 Å². The van der Waals surface area contributed by atoms with E-state index in [1.807, 2.05) is 6.92 Å². The first-order chi connectivity index (χ1) is 9.92. The van der Waals surface area contributed by atoms with Crippen molar-refractivity contribution >= 4 is 19.0 Å². The topological polar surface area (TPSA) is 77.8 Å². The fourth-order valence-corrected chi connectivity index (χ4v) is 2.19. The summed E-state index contributed by atoms with van der Waals surface area (Å²) >= 11 is 0.